The Morgan fingerprint density at radius 3 is 2.30 bits per heavy atom. The van der Waals surface area contributed by atoms with E-state index in [1.54, 1.807) is 16.8 Å². The highest BCUT2D eigenvalue weighted by atomic mass is 35.5. The minimum absolute atomic E-state index is 0.0895. The molecule has 7 heteroatoms. The minimum Gasteiger partial charge on any atom is -0.481 e. The number of halogens is 1. The van der Waals surface area contributed by atoms with E-state index >= 15 is 0 Å². The van der Waals surface area contributed by atoms with Crippen LogP contribution in [0.2, 0.25) is 5.02 Å². The highest BCUT2D eigenvalue weighted by Crippen LogP contribution is 2.23. The van der Waals surface area contributed by atoms with Gasteiger partial charge in [0.05, 0.1) is 24.2 Å². The molecule has 1 heterocycles. The number of nitrogens with zero attached hydrogens (tertiary/aromatic N) is 2. The molecule has 2 aromatic rings. The van der Waals surface area contributed by atoms with Crippen molar-refractivity contribution >= 4 is 23.5 Å². The van der Waals surface area contributed by atoms with Gasteiger partial charge >= 0.3 is 5.97 Å². The minimum atomic E-state index is -0.915. The van der Waals surface area contributed by atoms with E-state index in [0.717, 1.165) is 22.6 Å². The first-order chi connectivity index (χ1) is 12.7. The van der Waals surface area contributed by atoms with E-state index in [9.17, 15) is 14.7 Å². The van der Waals surface area contributed by atoms with Gasteiger partial charge < -0.3 is 10.4 Å². The monoisotopic (exact) mass is 391 g/mol. The lowest BCUT2D eigenvalue weighted by Gasteiger charge is -2.31. The van der Waals surface area contributed by atoms with Crippen LogP contribution in [0.3, 0.4) is 0 Å². The van der Waals surface area contributed by atoms with E-state index < -0.39 is 11.5 Å². The molecule has 0 saturated carbocycles. The SMILES string of the molecule is CCC(CC)(CC(=O)O)NC(=O)Cc1c(C)nn(-c2ccc(Cl)cc2)c1C. The summed E-state index contributed by atoms with van der Waals surface area (Å²) < 4.78 is 1.79. The number of carboxylic acid groups (broad SMARTS) is 1. The van der Waals surface area contributed by atoms with E-state index in [-0.39, 0.29) is 18.7 Å². The second-order valence-electron chi connectivity index (χ2n) is 6.82. The molecule has 6 nitrogen and oxygen atoms in total. The summed E-state index contributed by atoms with van der Waals surface area (Å²) in [5, 5.41) is 17.3. The summed E-state index contributed by atoms with van der Waals surface area (Å²) in [4.78, 5) is 23.9. The Morgan fingerprint density at radius 1 is 1.19 bits per heavy atom. The lowest BCUT2D eigenvalue weighted by atomic mass is 9.88. The fraction of sp³-hybridized carbons (Fsp3) is 0.450. The fourth-order valence-corrected chi connectivity index (χ4v) is 3.40. The molecule has 0 aliphatic rings. The van der Waals surface area contributed by atoms with Gasteiger partial charge in [0.15, 0.2) is 0 Å². The number of aromatic nitrogens is 2. The van der Waals surface area contributed by atoms with Gasteiger partial charge in [-0.05, 0) is 51.0 Å². The van der Waals surface area contributed by atoms with E-state index in [0.29, 0.717) is 17.9 Å². The first-order valence-electron chi connectivity index (χ1n) is 9.05. The van der Waals surface area contributed by atoms with Crippen molar-refractivity contribution in [1.29, 1.82) is 0 Å². The van der Waals surface area contributed by atoms with Crippen molar-refractivity contribution in [3.8, 4) is 5.69 Å². The molecule has 0 spiro atoms. The van der Waals surface area contributed by atoms with Crippen molar-refractivity contribution in [3.63, 3.8) is 0 Å². The van der Waals surface area contributed by atoms with Gasteiger partial charge in [-0.1, -0.05) is 25.4 Å². The van der Waals surface area contributed by atoms with E-state index in [1.807, 2.05) is 39.8 Å². The number of hydrogen-bond donors (Lipinski definition) is 2. The number of aryl methyl sites for hydroxylation is 1. The molecule has 0 aliphatic heterocycles. The number of rotatable bonds is 8. The Bertz CT molecular complexity index is 824. The number of nitrogens with one attached hydrogen (secondary N) is 1. The quantitative estimate of drug-likeness (QED) is 0.716. The van der Waals surface area contributed by atoms with Crippen molar-refractivity contribution in [2.75, 3.05) is 0 Å². The van der Waals surface area contributed by atoms with Gasteiger partial charge in [0.2, 0.25) is 5.91 Å². The molecule has 0 atom stereocenters. The topological polar surface area (TPSA) is 84.2 Å². The Balaban J connectivity index is 2.23. The maximum absolute atomic E-state index is 12.7. The molecule has 0 radical (unpaired) electrons. The average Bonchev–Trinajstić information content (AvgIpc) is 2.89. The second kappa shape index (κ2) is 8.57. The van der Waals surface area contributed by atoms with Crippen molar-refractivity contribution < 1.29 is 14.7 Å². The molecule has 27 heavy (non-hydrogen) atoms. The predicted molar refractivity (Wildman–Crippen MR) is 105 cm³/mol. The smallest absolute Gasteiger partial charge is 0.305 e. The zero-order valence-electron chi connectivity index (χ0n) is 16.2. The second-order valence-corrected chi connectivity index (χ2v) is 7.26. The van der Waals surface area contributed by atoms with Crippen LogP contribution in [0, 0.1) is 13.8 Å². The third-order valence-electron chi connectivity index (χ3n) is 5.10. The summed E-state index contributed by atoms with van der Waals surface area (Å²) in [7, 11) is 0. The van der Waals surface area contributed by atoms with Crippen LogP contribution < -0.4 is 5.32 Å². The number of amides is 1. The van der Waals surface area contributed by atoms with Crippen LogP contribution in [0.15, 0.2) is 24.3 Å². The van der Waals surface area contributed by atoms with Gasteiger partial charge in [0, 0.05) is 21.8 Å². The molecular formula is C20H26ClN3O3. The summed E-state index contributed by atoms with van der Waals surface area (Å²) >= 11 is 5.94. The summed E-state index contributed by atoms with van der Waals surface area (Å²) in [5.41, 5.74) is 2.64. The summed E-state index contributed by atoms with van der Waals surface area (Å²) in [5.74, 6) is -1.11. The molecule has 146 valence electrons. The molecule has 0 bridgehead atoms. The summed E-state index contributed by atoms with van der Waals surface area (Å²) in [6.45, 7) is 7.57. The zero-order valence-corrected chi connectivity index (χ0v) is 16.9. The molecule has 0 fully saturated rings. The Hall–Kier alpha value is -2.34. The van der Waals surface area contributed by atoms with Gasteiger partial charge in [-0.25, -0.2) is 4.68 Å². The molecule has 2 rings (SSSR count). The first-order valence-corrected chi connectivity index (χ1v) is 9.43. The van der Waals surface area contributed by atoms with Crippen molar-refractivity contribution in [1.82, 2.24) is 15.1 Å². The molecule has 0 aliphatic carbocycles. The molecule has 1 aromatic heterocycles. The van der Waals surface area contributed by atoms with Crippen molar-refractivity contribution in [2.45, 2.75) is 58.9 Å². The van der Waals surface area contributed by atoms with E-state index in [2.05, 4.69) is 10.4 Å². The van der Waals surface area contributed by atoms with Crippen LogP contribution >= 0.6 is 11.6 Å². The van der Waals surface area contributed by atoms with Gasteiger partial charge in [-0.15, -0.1) is 0 Å². The van der Waals surface area contributed by atoms with Crippen molar-refractivity contribution in [3.05, 3.63) is 46.2 Å². The molecule has 0 saturated heterocycles. The Labute approximate surface area is 164 Å². The fourth-order valence-electron chi connectivity index (χ4n) is 3.28. The maximum atomic E-state index is 12.7. The number of carboxylic acids is 1. The van der Waals surface area contributed by atoms with Crippen LogP contribution in [-0.4, -0.2) is 32.3 Å². The zero-order chi connectivity index (χ0) is 20.2. The summed E-state index contributed by atoms with van der Waals surface area (Å²) in [6.07, 6.45) is 1.19. The predicted octanol–water partition coefficient (Wildman–Crippen LogP) is 3.83. The van der Waals surface area contributed by atoms with Crippen LogP contribution in [0.4, 0.5) is 0 Å². The number of carbonyl (C=O) groups excluding carboxylic acids is 1. The number of carbonyl (C=O) groups is 2. The number of hydrogen-bond acceptors (Lipinski definition) is 3. The third-order valence-corrected chi connectivity index (χ3v) is 5.35. The first kappa shape index (κ1) is 21.0. The molecule has 0 unspecified atom stereocenters. The highest BCUT2D eigenvalue weighted by molar-refractivity contribution is 6.30. The van der Waals surface area contributed by atoms with E-state index in [4.69, 9.17) is 11.6 Å². The molecule has 1 aromatic carbocycles. The van der Waals surface area contributed by atoms with Crippen LogP contribution in [-0.2, 0) is 16.0 Å². The van der Waals surface area contributed by atoms with Gasteiger partial charge in [-0.2, -0.15) is 5.10 Å². The molecule has 1 amide bonds. The van der Waals surface area contributed by atoms with Crippen LogP contribution in [0.1, 0.15) is 50.1 Å². The average molecular weight is 392 g/mol. The Morgan fingerprint density at radius 2 is 1.78 bits per heavy atom. The number of aliphatic carboxylic acids is 1. The van der Waals surface area contributed by atoms with Gasteiger partial charge in [0.25, 0.3) is 0 Å². The molecular weight excluding hydrogens is 366 g/mol. The standard InChI is InChI=1S/C20H26ClN3O3/c1-5-20(6-2,12-19(26)27)22-18(25)11-17-13(3)23-24(14(17)4)16-9-7-15(21)8-10-16/h7-10H,5-6,11-12H2,1-4H3,(H,22,25)(H,26,27). The maximum Gasteiger partial charge on any atom is 0.305 e. The van der Waals surface area contributed by atoms with Gasteiger partial charge in [-0.3, -0.25) is 9.59 Å². The largest absolute Gasteiger partial charge is 0.481 e. The lowest BCUT2D eigenvalue weighted by molar-refractivity contribution is -0.139. The Kier molecular flexibility index (Phi) is 6.65. The van der Waals surface area contributed by atoms with Gasteiger partial charge in [0.1, 0.15) is 0 Å². The van der Waals surface area contributed by atoms with Crippen LogP contribution in [0.25, 0.3) is 5.69 Å². The van der Waals surface area contributed by atoms with E-state index in [1.165, 1.54) is 0 Å². The third kappa shape index (κ3) is 4.89. The van der Waals surface area contributed by atoms with Crippen LogP contribution in [0.5, 0.6) is 0 Å². The molecule has 2 N–H and O–H groups in total. The summed E-state index contributed by atoms with van der Waals surface area (Å²) in [6, 6.07) is 7.33. The normalized spacial score (nSPS) is 11.4. The lowest BCUT2D eigenvalue weighted by Crippen LogP contribution is -2.49. The highest BCUT2D eigenvalue weighted by Gasteiger charge is 2.31. The number of benzene rings is 1. The van der Waals surface area contributed by atoms with Crippen molar-refractivity contribution in [2.24, 2.45) is 0 Å².